The van der Waals surface area contributed by atoms with Gasteiger partial charge in [0.25, 0.3) is 0 Å². The molecule has 1 heterocycles. The molecule has 0 atom stereocenters. The molecule has 1 N–H and O–H groups in total. The van der Waals surface area contributed by atoms with Crippen molar-refractivity contribution < 1.29 is 0 Å². The zero-order valence-corrected chi connectivity index (χ0v) is 10.3. The van der Waals surface area contributed by atoms with Crippen LogP contribution >= 0.6 is 11.6 Å². The van der Waals surface area contributed by atoms with Crippen LogP contribution < -0.4 is 5.32 Å². The molecule has 4 heteroatoms. The molecule has 0 spiro atoms. The number of nitrogens with one attached hydrogen (secondary N) is 1. The topological polar surface area (TPSA) is 29.9 Å². The van der Waals surface area contributed by atoms with Crippen LogP contribution in [0.1, 0.15) is 32.4 Å². The van der Waals surface area contributed by atoms with Gasteiger partial charge >= 0.3 is 0 Å². The second kappa shape index (κ2) is 6.85. The van der Waals surface area contributed by atoms with Crippen LogP contribution in [0.3, 0.4) is 0 Å². The van der Waals surface area contributed by atoms with Gasteiger partial charge in [-0.25, -0.2) is 0 Å². The maximum atomic E-state index is 6.08. The molecule has 0 radical (unpaired) electrons. The van der Waals surface area contributed by atoms with E-state index >= 15 is 0 Å². The summed E-state index contributed by atoms with van der Waals surface area (Å²) in [4.78, 5) is 0. The number of aryl methyl sites for hydroxylation is 1. The highest BCUT2D eigenvalue weighted by atomic mass is 35.5. The molecular weight excluding hydrogens is 210 g/mol. The summed E-state index contributed by atoms with van der Waals surface area (Å²) in [6.07, 6.45) is 4.96. The third-order valence-electron chi connectivity index (χ3n) is 2.30. The Morgan fingerprint density at radius 2 is 2.13 bits per heavy atom. The summed E-state index contributed by atoms with van der Waals surface area (Å²) in [7, 11) is 0. The molecule has 0 aliphatic rings. The van der Waals surface area contributed by atoms with Crippen molar-refractivity contribution in [1.29, 1.82) is 0 Å². The van der Waals surface area contributed by atoms with Crippen LogP contribution in [0, 0.1) is 0 Å². The van der Waals surface area contributed by atoms with Gasteiger partial charge in [0.1, 0.15) is 0 Å². The van der Waals surface area contributed by atoms with Crippen LogP contribution in [0.15, 0.2) is 6.20 Å². The third kappa shape index (κ3) is 3.84. The quantitative estimate of drug-likeness (QED) is 0.729. The van der Waals surface area contributed by atoms with E-state index in [9.17, 15) is 0 Å². The predicted octanol–water partition coefficient (Wildman–Crippen LogP) is 2.49. The molecule has 0 aromatic carbocycles. The van der Waals surface area contributed by atoms with Gasteiger partial charge in [0.15, 0.2) is 0 Å². The second-order valence-corrected chi connectivity index (χ2v) is 4.07. The number of rotatable bonds is 7. The minimum Gasteiger partial charge on any atom is -0.316 e. The number of halogens is 1. The zero-order valence-electron chi connectivity index (χ0n) is 9.59. The average molecular weight is 230 g/mol. The minimum atomic E-state index is 0.793. The van der Waals surface area contributed by atoms with Gasteiger partial charge in [-0.05, 0) is 19.4 Å². The summed E-state index contributed by atoms with van der Waals surface area (Å²) in [5.74, 6) is 0. The molecule has 3 nitrogen and oxygen atoms in total. The van der Waals surface area contributed by atoms with E-state index in [0.717, 1.165) is 43.2 Å². The fourth-order valence-electron chi connectivity index (χ4n) is 1.55. The highest BCUT2D eigenvalue weighted by Crippen LogP contribution is 2.15. The lowest BCUT2D eigenvalue weighted by Gasteiger charge is -2.07. The standard InChI is InChI=1S/C11H20ClN3/c1-3-6-13-7-5-11-10(12)9-14-15(11)8-4-2/h9,13H,3-8H2,1-2H3. The van der Waals surface area contributed by atoms with E-state index in [2.05, 4.69) is 24.3 Å². The summed E-state index contributed by atoms with van der Waals surface area (Å²) in [6, 6.07) is 0. The van der Waals surface area contributed by atoms with Gasteiger partial charge in [-0.15, -0.1) is 0 Å². The van der Waals surface area contributed by atoms with Gasteiger partial charge in [0.05, 0.1) is 16.9 Å². The van der Waals surface area contributed by atoms with E-state index in [0.29, 0.717) is 0 Å². The lowest BCUT2D eigenvalue weighted by Crippen LogP contribution is -2.19. The normalized spacial score (nSPS) is 10.9. The Balaban J connectivity index is 2.46. The van der Waals surface area contributed by atoms with Gasteiger partial charge in [-0.1, -0.05) is 25.4 Å². The van der Waals surface area contributed by atoms with E-state index in [-0.39, 0.29) is 0 Å². The minimum absolute atomic E-state index is 0.793. The van der Waals surface area contributed by atoms with E-state index in [1.807, 2.05) is 4.68 Å². The molecule has 0 aliphatic carbocycles. The van der Waals surface area contributed by atoms with Gasteiger partial charge in [-0.3, -0.25) is 4.68 Å². The smallest absolute Gasteiger partial charge is 0.0818 e. The molecule has 1 aromatic rings. The van der Waals surface area contributed by atoms with Gasteiger partial charge < -0.3 is 5.32 Å². The summed E-state index contributed by atoms with van der Waals surface area (Å²) in [5.41, 5.74) is 1.15. The maximum absolute atomic E-state index is 6.08. The van der Waals surface area contributed by atoms with Crippen molar-refractivity contribution in [2.24, 2.45) is 0 Å². The Kier molecular flexibility index (Phi) is 5.73. The molecule has 0 unspecified atom stereocenters. The van der Waals surface area contributed by atoms with Crippen LogP contribution in [0.5, 0.6) is 0 Å². The van der Waals surface area contributed by atoms with Crippen LogP contribution in [0.4, 0.5) is 0 Å². The van der Waals surface area contributed by atoms with E-state index < -0.39 is 0 Å². The Bertz CT molecular complexity index is 283. The largest absolute Gasteiger partial charge is 0.316 e. The first-order valence-corrected chi connectivity index (χ1v) is 6.08. The number of hydrogen-bond donors (Lipinski definition) is 1. The fraction of sp³-hybridized carbons (Fsp3) is 0.727. The van der Waals surface area contributed by atoms with Crippen LogP contribution in [0.2, 0.25) is 5.02 Å². The zero-order chi connectivity index (χ0) is 11.1. The SMILES string of the molecule is CCCNCCc1c(Cl)cnn1CCC. The predicted molar refractivity (Wildman–Crippen MR) is 64.4 cm³/mol. The van der Waals surface area contributed by atoms with Crippen molar-refractivity contribution >= 4 is 11.6 Å². The van der Waals surface area contributed by atoms with Gasteiger partial charge in [0.2, 0.25) is 0 Å². The van der Waals surface area contributed by atoms with E-state index in [4.69, 9.17) is 11.6 Å². The molecule has 0 saturated heterocycles. The lowest BCUT2D eigenvalue weighted by atomic mass is 10.3. The van der Waals surface area contributed by atoms with Crippen molar-refractivity contribution in [3.63, 3.8) is 0 Å². The van der Waals surface area contributed by atoms with E-state index in [1.54, 1.807) is 6.20 Å². The molecule has 0 saturated carbocycles. The van der Waals surface area contributed by atoms with Crippen molar-refractivity contribution in [1.82, 2.24) is 15.1 Å². The van der Waals surface area contributed by atoms with Crippen LogP contribution in [-0.4, -0.2) is 22.9 Å². The van der Waals surface area contributed by atoms with Crippen molar-refractivity contribution in [3.05, 3.63) is 16.9 Å². The van der Waals surface area contributed by atoms with Crippen molar-refractivity contribution in [3.8, 4) is 0 Å². The molecule has 0 fully saturated rings. The Morgan fingerprint density at radius 3 is 2.80 bits per heavy atom. The molecule has 1 aromatic heterocycles. The fourth-order valence-corrected chi connectivity index (χ4v) is 1.79. The molecule has 15 heavy (non-hydrogen) atoms. The summed E-state index contributed by atoms with van der Waals surface area (Å²) >= 11 is 6.08. The molecule has 0 bridgehead atoms. The molecular formula is C11H20ClN3. The second-order valence-electron chi connectivity index (χ2n) is 3.66. The molecule has 0 amide bonds. The highest BCUT2D eigenvalue weighted by molar-refractivity contribution is 6.31. The number of aromatic nitrogens is 2. The molecule has 1 rings (SSSR count). The molecule has 86 valence electrons. The summed E-state index contributed by atoms with van der Waals surface area (Å²) in [5, 5.41) is 8.42. The first-order chi connectivity index (χ1) is 7.29. The van der Waals surface area contributed by atoms with Gasteiger partial charge in [-0.2, -0.15) is 5.10 Å². The first-order valence-electron chi connectivity index (χ1n) is 5.70. The Morgan fingerprint density at radius 1 is 1.33 bits per heavy atom. The highest BCUT2D eigenvalue weighted by Gasteiger charge is 2.07. The summed E-state index contributed by atoms with van der Waals surface area (Å²) < 4.78 is 2.01. The van der Waals surface area contributed by atoms with Crippen LogP contribution in [0.25, 0.3) is 0 Å². The Labute approximate surface area is 96.8 Å². The van der Waals surface area contributed by atoms with Crippen molar-refractivity contribution in [2.45, 2.75) is 39.7 Å². The first kappa shape index (κ1) is 12.5. The monoisotopic (exact) mass is 229 g/mol. The lowest BCUT2D eigenvalue weighted by molar-refractivity contribution is 0.561. The maximum Gasteiger partial charge on any atom is 0.0818 e. The third-order valence-corrected chi connectivity index (χ3v) is 2.61. The Hall–Kier alpha value is -0.540. The molecule has 0 aliphatic heterocycles. The van der Waals surface area contributed by atoms with E-state index in [1.165, 1.54) is 6.42 Å². The van der Waals surface area contributed by atoms with Crippen LogP contribution in [-0.2, 0) is 13.0 Å². The average Bonchev–Trinajstić information content (AvgIpc) is 2.56. The summed E-state index contributed by atoms with van der Waals surface area (Å²) in [6.45, 7) is 7.31. The number of nitrogens with zero attached hydrogens (tertiary/aromatic N) is 2. The number of hydrogen-bond acceptors (Lipinski definition) is 2. The van der Waals surface area contributed by atoms with Gasteiger partial charge in [0, 0.05) is 19.5 Å². The van der Waals surface area contributed by atoms with Crippen molar-refractivity contribution in [2.75, 3.05) is 13.1 Å².